The Balaban J connectivity index is 1.38. The van der Waals surface area contributed by atoms with Crippen LogP contribution in [-0.4, -0.2) is 22.5 Å². The molecule has 2 aromatic carbocycles. The number of nitrogens with one attached hydrogen (secondary N) is 1. The lowest BCUT2D eigenvalue weighted by molar-refractivity contribution is -0.118. The van der Waals surface area contributed by atoms with Crippen LogP contribution in [0.1, 0.15) is 11.3 Å². The number of amides is 1. The summed E-state index contributed by atoms with van der Waals surface area (Å²) in [6.07, 6.45) is 2.12. The van der Waals surface area contributed by atoms with E-state index in [1.54, 1.807) is 0 Å². The molecule has 1 amide bonds. The fourth-order valence-corrected chi connectivity index (χ4v) is 4.11. The summed E-state index contributed by atoms with van der Waals surface area (Å²) in [7, 11) is 0. The Morgan fingerprint density at radius 2 is 1.86 bits per heavy atom. The summed E-state index contributed by atoms with van der Waals surface area (Å²) < 4.78 is 6.78. The van der Waals surface area contributed by atoms with Gasteiger partial charge in [0.1, 0.15) is 11.5 Å². The van der Waals surface area contributed by atoms with Crippen LogP contribution in [0.2, 0.25) is 5.02 Å². The van der Waals surface area contributed by atoms with E-state index >= 15 is 0 Å². The highest BCUT2D eigenvalue weighted by atomic mass is 79.9. The lowest BCUT2D eigenvalue weighted by atomic mass is 10.1. The van der Waals surface area contributed by atoms with Gasteiger partial charge < -0.3 is 9.73 Å². The Labute approximate surface area is 185 Å². The number of halogens is 2. The standard InChI is InChI=1S/C21H15BrClN3O2S/c22-15-5-3-14(4-6-15)18-10-9-17(28-18)12-24-26-21-25-20(27)19(29-21)11-13-1-7-16(23)8-2-13/h1-10,12,19H,11H2,(H,25,26,27). The number of amidine groups is 1. The topological polar surface area (TPSA) is 67.0 Å². The Hall–Kier alpha value is -2.35. The Morgan fingerprint density at radius 3 is 2.62 bits per heavy atom. The van der Waals surface area contributed by atoms with Crippen molar-refractivity contribution in [3.05, 3.63) is 81.5 Å². The van der Waals surface area contributed by atoms with Crippen LogP contribution in [0.4, 0.5) is 0 Å². The highest BCUT2D eigenvalue weighted by Crippen LogP contribution is 2.25. The molecule has 1 N–H and O–H groups in total. The van der Waals surface area contributed by atoms with Crippen LogP contribution < -0.4 is 5.32 Å². The molecule has 29 heavy (non-hydrogen) atoms. The van der Waals surface area contributed by atoms with Crippen LogP contribution in [-0.2, 0) is 11.2 Å². The molecule has 3 aromatic rings. The molecule has 1 saturated heterocycles. The van der Waals surface area contributed by atoms with Crippen LogP contribution >= 0.6 is 39.3 Å². The maximum atomic E-state index is 12.2. The van der Waals surface area contributed by atoms with E-state index in [0.717, 1.165) is 21.4 Å². The van der Waals surface area contributed by atoms with Gasteiger partial charge in [-0.1, -0.05) is 63.6 Å². The summed E-state index contributed by atoms with van der Waals surface area (Å²) in [6.45, 7) is 0. The normalized spacial score (nSPS) is 17.9. The summed E-state index contributed by atoms with van der Waals surface area (Å²) in [4.78, 5) is 12.2. The van der Waals surface area contributed by atoms with Crippen molar-refractivity contribution >= 4 is 56.6 Å². The molecule has 0 saturated carbocycles. The number of carbonyl (C=O) groups excluding carboxylic acids is 1. The molecular formula is C21H15BrClN3O2S. The first kappa shape index (κ1) is 19.9. The van der Waals surface area contributed by atoms with Gasteiger partial charge in [-0.3, -0.25) is 4.79 Å². The third-order valence-electron chi connectivity index (χ3n) is 4.20. The van der Waals surface area contributed by atoms with E-state index < -0.39 is 0 Å². The van der Waals surface area contributed by atoms with Crippen molar-refractivity contribution in [2.24, 2.45) is 10.2 Å². The number of benzene rings is 2. The molecule has 8 heteroatoms. The van der Waals surface area contributed by atoms with Gasteiger partial charge in [-0.2, -0.15) is 5.10 Å². The second kappa shape index (κ2) is 8.98. The van der Waals surface area contributed by atoms with Gasteiger partial charge in [0.15, 0.2) is 5.17 Å². The van der Waals surface area contributed by atoms with Gasteiger partial charge in [0.2, 0.25) is 5.91 Å². The van der Waals surface area contributed by atoms with Crippen LogP contribution in [0, 0.1) is 0 Å². The number of carbonyl (C=O) groups is 1. The van der Waals surface area contributed by atoms with Crippen molar-refractivity contribution in [2.45, 2.75) is 11.7 Å². The molecule has 0 radical (unpaired) electrons. The van der Waals surface area contributed by atoms with Crippen LogP contribution in [0.5, 0.6) is 0 Å². The largest absolute Gasteiger partial charge is 0.455 e. The minimum atomic E-state index is -0.238. The predicted octanol–water partition coefficient (Wildman–Crippen LogP) is 5.53. The first-order valence-electron chi connectivity index (χ1n) is 8.75. The number of hydrogen-bond acceptors (Lipinski definition) is 5. The summed E-state index contributed by atoms with van der Waals surface area (Å²) in [5, 5.41) is 11.8. The molecule has 1 aromatic heterocycles. The summed E-state index contributed by atoms with van der Waals surface area (Å²) in [5.74, 6) is 1.26. The Morgan fingerprint density at radius 1 is 1.10 bits per heavy atom. The molecule has 1 fully saturated rings. The van der Waals surface area contributed by atoms with Gasteiger partial charge in [0.25, 0.3) is 0 Å². The number of furan rings is 1. The lowest BCUT2D eigenvalue weighted by Crippen LogP contribution is -2.25. The van der Waals surface area contributed by atoms with Crippen molar-refractivity contribution in [1.82, 2.24) is 5.32 Å². The molecule has 146 valence electrons. The Bertz CT molecular complexity index is 1080. The third-order valence-corrected chi connectivity index (χ3v) is 6.05. The highest BCUT2D eigenvalue weighted by Gasteiger charge is 2.30. The highest BCUT2D eigenvalue weighted by molar-refractivity contribution is 9.10. The number of nitrogens with zero attached hydrogens (tertiary/aromatic N) is 2. The van der Waals surface area contributed by atoms with Gasteiger partial charge in [-0.15, -0.1) is 5.10 Å². The summed E-state index contributed by atoms with van der Waals surface area (Å²) >= 11 is 10.7. The number of thioether (sulfide) groups is 1. The fourth-order valence-electron chi connectivity index (χ4n) is 2.75. The van der Waals surface area contributed by atoms with Gasteiger partial charge in [0.05, 0.1) is 11.5 Å². The molecule has 1 unspecified atom stereocenters. The molecule has 0 aliphatic carbocycles. The van der Waals surface area contributed by atoms with Gasteiger partial charge >= 0.3 is 0 Å². The van der Waals surface area contributed by atoms with Crippen LogP contribution in [0.25, 0.3) is 11.3 Å². The second-order valence-electron chi connectivity index (χ2n) is 6.28. The average Bonchev–Trinajstić information content (AvgIpc) is 3.31. The van der Waals surface area contributed by atoms with E-state index in [0.29, 0.717) is 22.4 Å². The van der Waals surface area contributed by atoms with Crippen LogP contribution in [0.3, 0.4) is 0 Å². The maximum absolute atomic E-state index is 12.2. The summed E-state index contributed by atoms with van der Waals surface area (Å²) in [6, 6.07) is 19.0. The monoisotopic (exact) mass is 487 g/mol. The van der Waals surface area contributed by atoms with E-state index in [9.17, 15) is 4.79 Å². The maximum Gasteiger partial charge on any atom is 0.239 e. The predicted molar refractivity (Wildman–Crippen MR) is 122 cm³/mol. The van der Waals surface area contributed by atoms with Crippen molar-refractivity contribution in [3.8, 4) is 11.3 Å². The summed E-state index contributed by atoms with van der Waals surface area (Å²) in [5.41, 5.74) is 2.02. The van der Waals surface area contributed by atoms with Crippen molar-refractivity contribution in [1.29, 1.82) is 0 Å². The molecule has 1 aliphatic rings. The molecule has 0 bridgehead atoms. The first-order valence-corrected chi connectivity index (χ1v) is 10.8. The number of rotatable bonds is 5. The van der Waals surface area contributed by atoms with Gasteiger partial charge in [-0.05, 0) is 48.4 Å². The molecule has 2 heterocycles. The van der Waals surface area contributed by atoms with Gasteiger partial charge in [-0.25, -0.2) is 0 Å². The average molecular weight is 489 g/mol. The van der Waals surface area contributed by atoms with E-state index in [1.165, 1.54) is 18.0 Å². The first-order chi connectivity index (χ1) is 14.1. The van der Waals surface area contributed by atoms with Crippen molar-refractivity contribution in [2.75, 3.05) is 0 Å². The minimum absolute atomic E-state index is 0.0746. The molecule has 5 nitrogen and oxygen atoms in total. The number of hydrogen-bond donors (Lipinski definition) is 1. The molecule has 1 atom stereocenters. The molecule has 1 aliphatic heterocycles. The third kappa shape index (κ3) is 5.18. The smallest absolute Gasteiger partial charge is 0.239 e. The lowest BCUT2D eigenvalue weighted by Gasteiger charge is -2.05. The zero-order valence-corrected chi connectivity index (χ0v) is 18.2. The quantitative estimate of drug-likeness (QED) is 0.379. The molecule has 0 spiro atoms. The van der Waals surface area contributed by atoms with Crippen molar-refractivity contribution < 1.29 is 9.21 Å². The van der Waals surface area contributed by atoms with E-state index in [2.05, 4.69) is 31.4 Å². The van der Waals surface area contributed by atoms with Gasteiger partial charge in [0, 0.05) is 15.1 Å². The zero-order chi connectivity index (χ0) is 20.2. The molecule has 4 rings (SSSR count). The fraction of sp³-hybridized carbons (Fsp3) is 0.0952. The van der Waals surface area contributed by atoms with Crippen molar-refractivity contribution in [3.63, 3.8) is 0 Å². The Kier molecular flexibility index (Phi) is 6.18. The van der Waals surface area contributed by atoms with Crippen LogP contribution in [0.15, 0.2) is 79.8 Å². The SMILES string of the molecule is O=C1N/C(=N\N=Cc2ccc(-c3ccc(Br)cc3)o2)SC1Cc1ccc(Cl)cc1. The minimum Gasteiger partial charge on any atom is -0.455 e. The van der Waals surface area contributed by atoms with E-state index in [1.807, 2.05) is 60.7 Å². The van der Waals surface area contributed by atoms with E-state index in [4.69, 9.17) is 16.0 Å². The van der Waals surface area contributed by atoms with E-state index in [-0.39, 0.29) is 11.2 Å². The molecular weight excluding hydrogens is 474 g/mol. The zero-order valence-electron chi connectivity index (χ0n) is 15.0. The second-order valence-corrected chi connectivity index (χ2v) is 8.83.